The Morgan fingerprint density at radius 1 is 1.20 bits per heavy atom. The summed E-state index contributed by atoms with van der Waals surface area (Å²) in [6.45, 7) is 6.14. The van der Waals surface area contributed by atoms with E-state index in [2.05, 4.69) is 15.5 Å². The third-order valence-electron chi connectivity index (χ3n) is 7.11. The fourth-order valence-corrected chi connectivity index (χ4v) is 6.45. The number of hydrogen-bond acceptors (Lipinski definition) is 6. The Labute approximate surface area is 179 Å². The van der Waals surface area contributed by atoms with Crippen LogP contribution in [0.5, 0.6) is 0 Å². The molecule has 7 nitrogen and oxygen atoms in total. The molecule has 0 saturated heterocycles. The Morgan fingerprint density at radius 2 is 1.83 bits per heavy atom. The number of amides is 1. The topological polar surface area (TPSA) is 103 Å². The Morgan fingerprint density at radius 3 is 2.43 bits per heavy atom. The maximum atomic E-state index is 11.7. The second kappa shape index (κ2) is 8.48. The van der Waals surface area contributed by atoms with Crippen LogP contribution >= 0.6 is 0 Å². The molecule has 168 valence electrons. The van der Waals surface area contributed by atoms with Crippen molar-refractivity contribution in [3.8, 4) is 0 Å². The van der Waals surface area contributed by atoms with Crippen LogP contribution in [0.1, 0.15) is 96.3 Å². The van der Waals surface area contributed by atoms with Gasteiger partial charge in [-0.1, -0.05) is 5.16 Å². The van der Waals surface area contributed by atoms with E-state index in [1.165, 1.54) is 38.5 Å². The van der Waals surface area contributed by atoms with Crippen molar-refractivity contribution in [3.63, 3.8) is 0 Å². The van der Waals surface area contributed by atoms with Gasteiger partial charge in [-0.25, -0.2) is 4.79 Å². The number of nitrogens with zero attached hydrogens (tertiary/aromatic N) is 2. The van der Waals surface area contributed by atoms with Gasteiger partial charge in [-0.2, -0.15) is 4.98 Å². The van der Waals surface area contributed by atoms with Gasteiger partial charge in [0.05, 0.1) is 6.04 Å². The Kier molecular flexibility index (Phi) is 6.11. The molecule has 0 aliphatic heterocycles. The largest absolute Gasteiger partial charge is 0.444 e. The molecule has 1 unspecified atom stereocenters. The van der Waals surface area contributed by atoms with Crippen molar-refractivity contribution in [2.24, 2.45) is 28.9 Å². The van der Waals surface area contributed by atoms with E-state index in [0.717, 1.165) is 49.3 Å². The Bertz CT molecular complexity index is 704. The molecule has 30 heavy (non-hydrogen) atoms. The highest BCUT2D eigenvalue weighted by Crippen LogP contribution is 2.60. The molecule has 5 rings (SSSR count). The summed E-state index contributed by atoms with van der Waals surface area (Å²) in [5.74, 6) is 4.18. The highest BCUT2D eigenvalue weighted by Gasteiger charge is 2.51. The van der Waals surface area contributed by atoms with Crippen molar-refractivity contribution in [2.45, 2.75) is 96.6 Å². The van der Waals surface area contributed by atoms with Gasteiger partial charge < -0.3 is 20.3 Å². The third kappa shape index (κ3) is 5.34. The van der Waals surface area contributed by atoms with Gasteiger partial charge in [-0.3, -0.25) is 0 Å². The van der Waals surface area contributed by atoms with Crippen LogP contribution in [-0.4, -0.2) is 28.4 Å². The van der Waals surface area contributed by atoms with E-state index in [-0.39, 0.29) is 12.1 Å². The van der Waals surface area contributed by atoms with Gasteiger partial charge in [0, 0.05) is 13.0 Å². The van der Waals surface area contributed by atoms with Gasteiger partial charge in [0.15, 0.2) is 5.82 Å². The summed E-state index contributed by atoms with van der Waals surface area (Å²) in [5, 5.41) is 7.05. The van der Waals surface area contributed by atoms with Crippen LogP contribution in [0.2, 0.25) is 0 Å². The normalized spacial score (nSPS) is 31.0. The molecule has 0 aromatic carbocycles. The Balaban J connectivity index is 1.19. The van der Waals surface area contributed by atoms with Crippen molar-refractivity contribution >= 4 is 6.09 Å². The lowest BCUT2D eigenvalue weighted by Crippen LogP contribution is -2.47. The second-order valence-corrected chi connectivity index (χ2v) is 11.2. The van der Waals surface area contributed by atoms with Gasteiger partial charge in [-0.15, -0.1) is 0 Å². The van der Waals surface area contributed by atoms with E-state index < -0.39 is 5.60 Å². The summed E-state index contributed by atoms with van der Waals surface area (Å²) in [5.41, 5.74) is 6.22. The molecular weight excluding hydrogens is 380 g/mol. The average molecular weight is 419 g/mol. The van der Waals surface area contributed by atoms with Crippen molar-refractivity contribution in [1.29, 1.82) is 0 Å². The number of alkyl carbamates (subject to hydrolysis) is 1. The molecule has 1 heterocycles. The summed E-state index contributed by atoms with van der Waals surface area (Å²) >= 11 is 0. The molecule has 1 atom stereocenters. The summed E-state index contributed by atoms with van der Waals surface area (Å²) < 4.78 is 10.7. The van der Waals surface area contributed by atoms with Crippen molar-refractivity contribution in [2.75, 3.05) is 6.54 Å². The fraction of sp³-hybridized carbons (Fsp3) is 0.870. The van der Waals surface area contributed by atoms with Gasteiger partial charge >= 0.3 is 6.09 Å². The van der Waals surface area contributed by atoms with E-state index in [4.69, 9.17) is 15.0 Å². The first-order valence-corrected chi connectivity index (χ1v) is 11.7. The quantitative estimate of drug-likeness (QED) is 0.602. The van der Waals surface area contributed by atoms with Crippen LogP contribution in [0.25, 0.3) is 0 Å². The lowest BCUT2D eigenvalue weighted by atomic mass is 9.49. The molecule has 4 aliphatic carbocycles. The second-order valence-electron chi connectivity index (χ2n) is 11.2. The van der Waals surface area contributed by atoms with Crippen LogP contribution in [0.4, 0.5) is 4.79 Å². The predicted molar refractivity (Wildman–Crippen MR) is 114 cm³/mol. The number of carbonyl (C=O) groups is 1. The monoisotopic (exact) mass is 418 g/mol. The zero-order valence-electron chi connectivity index (χ0n) is 18.8. The number of hydrogen-bond donors (Lipinski definition) is 2. The average Bonchev–Trinajstić information content (AvgIpc) is 3.06. The first-order chi connectivity index (χ1) is 14.2. The molecule has 4 bridgehead atoms. The molecular formula is C23H38N4O3. The summed E-state index contributed by atoms with van der Waals surface area (Å²) in [4.78, 5) is 16.3. The fourth-order valence-electron chi connectivity index (χ4n) is 6.45. The van der Waals surface area contributed by atoms with E-state index in [0.29, 0.717) is 17.9 Å². The zero-order valence-corrected chi connectivity index (χ0v) is 18.8. The molecule has 1 aromatic rings. The first-order valence-electron chi connectivity index (χ1n) is 11.7. The lowest BCUT2D eigenvalue weighted by Gasteiger charge is -2.56. The molecule has 1 amide bonds. The van der Waals surface area contributed by atoms with E-state index in [1.807, 2.05) is 20.8 Å². The number of ether oxygens (including phenoxy) is 1. The van der Waals surface area contributed by atoms with Crippen LogP contribution in [-0.2, 0) is 11.2 Å². The van der Waals surface area contributed by atoms with Crippen molar-refractivity contribution in [3.05, 3.63) is 11.7 Å². The molecule has 7 heteroatoms. The van der Waals surface area contributed by atoms with Crippen LogP contribution in [0.3, 0.4) is 0 Å². The molecule has 3 N–H and O–H groups in total. The lowest BCUT2D eigenvalue weighted by molar-refractivity contribution is -0.0533. The standard InChI is InChI=1S/C23H38N4O3/c1-22(2,3)29-21(28)25-7-5-4-6-18(24)20-26-19(27-30-20)14-23-11-15-8-16(12-23)10-17(9-15)13-23/h15-18H,4-14,24H2,1-3H3,(H,25,28). The third-order valence-corrected chi connectivity index (χ3v) is 7.11. The number of nitrogens with two attached hydrogens (primary N) is 1. The smallest absolute Gasteiger partial charge is 0.407 e. The van der Waals surface area contributed by atoms with Gasteiger partial charge in [-0.05, 0) is 102 Å². The maximum Gasteiger partial charge on any atom is 0.407 e. The van der Waals surface area contributed by atoms with Crippen LogP contribution in [0.15, 0.2) is 4.52 Å². The molecule has 4 aliphatic rings. The van der Waals surface area contributed by atoms with Gasteiger partial charge in [0.25, 0.3) is 0 Å². The van der Waals surface area contributed by atoms with Crippen LogP contribution < -0.4 is 11.1 Å². The molecule has 0 spiro atoms. The maximum absolute atomic E-state index is 11.7. The molecule has 1 aromatic heterocycles. The number of aromatic nitrogens is 2. The number of carbonyl (C=O) groups excluding carboxylic acids is 1. The van der Waals surface area contributed by atoms with E-state index in [9.17, 15) is 4.79 Å². The number of nitrogens with one attached hydrogen (secondary N) is 1. The van der Waals surface area contributed by atoms with Crippen LogP contribution in [0, 0.1) is 23.2 Å². The molecule has 4 saturated carbocycles. The van der Waals surface area contributed by atoms with E-state index in [1.54, 1.807) is 0 Å². The van der Waals surface area contributed by atoms with Crippen molar-refractivity contribution in [1.82, 2.24) is 15.5 Å². The number of unbranched alkanes of at least 4 members (excludes halogenated alkanes) is 1. The first kappa shape index (κ1) is 21.6. The van der Waals surface area contributed by atoms with Gasteiger partial charge in [0.2, 0.25) is 5.89 Å². The summed E-state index contributed by atoms with van der Waals surface area (Å²) in [6.07, 6.45) is 11.4. The minimum absolute atomic E-state index is 0.246. The Hall–Kier alpha value is -1.63. The SMILES string of the molecule is CC(C)(C)OC(=O)NCCCCC(N)c1nc(CC23CC4CC(CC(C4)C2)C3)no1. The van der Waals surface area contributed by atoms with Gasteiger partial charge in [0.1, 0.15) is 5.60 Å². The number of rotatable bonds is 8. The predicted octanol–water partition coefficient (Wildman–Crippen LogP) is 4.52. The summed E-state index contributed by atoms with van der Waals surface area (Å²) in [7, 11) is 0. The highest BCUT2D eigenvalue weighted by molar-refractivity contribution is 5.67. The highest BCUT2D eigenvalue weighted by atomic mass is 16.6. The minimum Gasteiger partial charge on any atom is -0.444 e. The molecule has 4 fully saturated rings. The zero-order chi connectivity index (χ0) is 21.4. The van der Waals surface area contributed by atoms with E-state index >= 15 is 0 Å². The van der Waals surface area contributed by atoms with Crippen molar-refractivity contribution < 1.29 is 14.1 Å². The molecule has 0 radical (unpaired) electrons. The summed E-state index contributed by atoms with van der Waals surface area (Å²) in [6, 6.07) is -0.246. The minimum atomic E-state index is -0.474.